The summed E-state index contributed by atoms with van der Waals surface area (Å²) < 4.78 is 33.0. The van der Waals surface area contributed by atoms with E-state index in [1.54, 1.807) is 31.4 Å². The molecule has 180 valence electrons. The fourth-order valence-corrected chi connectivity index (χ4v) is 6.30. The summed E-state index contributed by atoms with van der Waals surface area (Å²) in [5.74, 6) is 0.670. The molecule has 6 nitrogen and oxygen atoms in total. The van der Waals surface area contributed by atoms with Gasteiger partial charge >= 0.3 is 0 Å². The number of pyridine rings is 1. The Morgan fingerprint density at radius 3 is 2.26 bits per heavy atom. The summed E-state index contributed by atoms with van der Waals surface area (Å²) in [6.45, 7) is 7.22. The normalized spacial score (nSPS) is 14.4. The van der Waals surface area contributed by atoms with Gasteiger partial charge in [-0.3, -0.25) is 4.98 Å². The molecule has 1 aromatic heterocycles. The summed E-state index contributed by atoms with van der Waals surface area (Å²) >= 11 is 0. The van der Waals surface area contributed by atoms with E-state index in [0.29, 0.717) is 24.5 Å². The lowest BCUT2D eigenvalue weighted by Crippen LogP contribution is -2.47. The average Bonchev–Trinajstić information content (AvgIpc) is 2.88. The number of nitrogens with zero attached hydrogens (tertiary/aromatic N) is 3. The van der Waals surface area contributed by atoms with E-state index in [4.69, 9.17) is 4.74 Å². The number of fused-ring (bicyclic) bond motifs is 1. The number of sulfone groups is 1. The number of aryl methyl sites for hydroxylation is 2. The fourth-order valence-electron chi connectivity index (χ4n) is 4.85. The minimum Gasteiger partial charge on any atom is -0.497 e. The number of piperazine rings is 1. The van der Waals surface area contributed by atoms with Crippen molar-refractivity contribution in [1.29, 1.82) is 0 Å². The van der Waals surface area contributed by atoms with Crippen LogP contribution < -0.4 is 14.5 Å². The van der Waals surface area contributed by atoms with Crippen molar-refractivity contribution in [3.05, 3.63) is 84.1 Å². The molecule has 0 atom stereocenters. The van der Waals surface area contributed by atoms with Crippen molar-refractivity contribution in [2.75, 3.05) is 43.1 Å². The lowest BCUT2D eigenvalue weighted by atomic mass is 10.1. The van der Waals surface area contributed by atoms with Crippen molar-refractivity contribution in [2.45, 2.75) is 23.6 Å². The molecule has 3 aromatic carbocycles. The van der Waals surface area contributed by atoms with E-state index in [1.165, 1.54) is 23.0 Å². The van der Waals surface area contributed by atoms with Gasteiger partial charge in [0.15, 0.2) is 0 Å². The number of ether oxygens (including phenoxy) is 1. The van der Waals surface area contributed by atoms with Crippen LogP contribution in [0.25, 0.3) is 10.9 Å². The lowest BCUT2D eigenvalue weighted by Gasteiger charge is -2.39. The SMILES string of the molecule is COc1ccc2ncc(S(=O)(=O)c3ccccc3)c(N3CCN(c4ccc(C)cc4C)CC3)c2c1. The second kappa shape index (κ2) is 9.23. The Bertz CT molecular complexity index is 1480. The number of methoxy groups -OCH3 is 1. The third-order valence-electron chi connectivity index (χ3n) is 6.65. The zero-order valence-electron chi connectivity index (χ0n) is 20.2. The number of aromatic nitrogens is 1. The summed E-state index contributed by atoms with van der Waals surface area (Å²) in [5.41, 5.74) is 5.17. The predicted molar refractivity (Wildman–Crippen MR) is 141 cm³/mol. The first-order valence-corrected chi connectivity index (χ1v) is 13.2. The van der Waals surface area contributed by atoms with Crippen LogP contribution in [0.3, 0.4) is 0 Å². The Labute approximate surface area is 206 Å². The van der Waals surface area contributed by atoms with E-state index in [2.05, 4.69) is 46.8 Å². The molecular formula is C28H29N3O3S. The van der Waals surface area contributed by atoms with Crippen molar-refractivity contribution >= 4 is 32.1 Å². The highest BCUT2D eigenvalue weighted by Crippen LogP contribution is 2.38. The highest BCUT2D eigenvalue weighted by Gasteiger charge is 2.29. The molecule has 0 bridgehead atoms. The molecular weight excluding hydrogens is 458 g/mol. The largest absolute Gasteiger partial charge is 0.497 e. The van der Waals surface area contributed by atoms with Gasteiger partial charge in [0.25, 0.3) is 0 Å². The number of rotatable bonds is 5. The van der Waals surface area contributed by atoms with Crippen LogP contribution in [0.5, 0.6) is 5.75 Å². The van der Waals surface area contributed by atoms with Crippen LogP contribution in [0.4, 0.5) is 11.4 Å². The third kappa shape index (κ3) is 4.32. The predicted octanol–water partition coefficient (Wildman–Crippen LogP) is 5.02. The first-order valence-electron chi connectivity index (χ1n) is 11.7. The third-order valence-corrected chi connectivity index (χ3v) is 8.42. The molecule has 2 heterocycles. The highest BCUT2D eigenvalue weighted by atomic mass is 32.2. The lowest BCUT2D eigenvalue weighted by molar-refractivity contribution is 0.415. The van der Waals surface area contributed by atoms with Crippen LogP contribution in [-0.4, -0.2) is 46.7 Å². The van der Waals surface area contributed by atoms with Gasteiger partial charge in [-0.2, -0.15) is 0 Å². The van der Waals surface area contributed by atoms with E-state index < -0.39 is 9.84 Å². The van der Waals surface area contributed by atoms with Gasteiger partial charge < -0.3 is 14.5 Å². The molecule has 4 aromatic rings. The van der Waals surface area contributed by atoms with Gasteiger partial charge in [-0.1, -0.05) is 35.9 Å². The Morgan fingerprint density at radius 2 is 1.57 bits per heavy atom. The maximum atomic E-state index is 13.7. The van der Waals surface area contributed by atoms with E-state index in [1.807, 2.05) is 24.3 Å². The van der Waals surface area contributed by atoms with Crippen LogP contribution in [0.15, 0.2) is 82.7 Å². The summed E-state index contributed by atoms with van der Waals surface area (Å²) in [7, 11) is -2.15. The minimum absolute atomic E-state index is 0.226. The van der Waals surface area contributed by atoms with Crippen LogP contribution in [-0.2, 0) is 9.84 Å². The van der Waals surface area contributed by atoms with Gasteiger partial charge in [-0.25, -0.2) is 8.42 Å². The summed E-state index contributed by atoms with van der Waals surface area (Å²) in [4.78, 5) is 9.56. The van der Waals surface area contributed by atoms with E-state index >= 15 is 0 Å². The second-order valence-electron chi connectivity index (χ2n) is 8.93. The molecule has 1 fully saturated rings. The Morgan fingerprint density at radius 1 is 0.857 bits per heavy atom. The van der Waals surface area contributed by atoms with Crippen LogP contribution in [0.2, 0.25) is 0 Å². The molecule has 35 heavy (non-hydrogen) atoms. The second-order valence-corrected chi connectivity index (χ2v) is 10.9. The van der Waals surface area contributed by atoms with Gasteiger partial charge in [-0.15, -0.1) is 0 Å². The zero-order chi connectivity index (χ0) is 24.6. The quantitative estimate of drug-likeness (QED) is 0.394. The first-order chi connectivity index (χ1) is 16.9. The van der Waals surface area contributed by atoms with E-state index in [9.17, 15) is 8.42 Å². The van der Waals surface area contributed by atoms with Crippen LogP contribution in [0.1, 0.15) is 11.1 Å². The topological polar surface area (TPSA) is 62.7 Å². The summed E-state index contributed by atoms with van der Waals surface area (Å²) in [5, 5.41) is 0.779. The molecule has 0 radical (unpaired) electrons. The van der Waals surface area contributed by atoms with Crippen molar-refractivity contribution in [3.8, 4) is 5.75 Å². The summed E-state index contributed by atoms with van der Waals surface area (Å²) in [6, 6.07) is 20.7. The molecule has 0 amide bonds. The molecule has 0 saturated carbocycles. The molecule has 0 N–H and O–H groups in total. The van der Waals surface area contributed by atoms with Crippen molar-refractivity contribution < 1.29 is 13.2 Å². The first kappa shape index (κ1) is 23.2. The molecule has 1 aliphatic heterocycles. The number of hydrogen-bond donors (Lipinski definition) is 0. The van der Waals surface area contributed by atoms with E-state index in [0.717, 1.165) is 24.0 Å². The standard InChI is InChI=1S/C28H29N3O3S/c1-20-9-12-26(21(2)17-20)30-13-15-31(16-14-30)28-24-18-22(34-3)10-11-25(24)29-19-27(28)35(32,33)23-7-5-4-6-8-23/h4-12,17-19H,13-16H2,1-3H3. The van der Waals surface area contributed by atoms with Gasteiger partial charge in [0.2, 0.25) is 9.84 Å². The zero-order valence-corrected chi connectivity index (χ0v) is 21.0. The molecule has 1 aliphatic rings. The monoisotopic (exact) mass is 487 g/mol. The number of benzene rings is 3. The average molecular weight is 488 g/mol. The van der Waals surface area contributed by atoms with Crippen molar-refractivity contribution in [1.82, 2.24) is 4.98 Å². The maximum Gasteiger partial charge on any atom is 0.210 e. The molecule has 1 saturated heterocycles. The molecule has 0 unspecified atom stereocenters. The molecule has 7 heteroatoms. The molecule has 5 rings (SSSR count). The molecule has 0 spiro atoms. The van der Waals surface area contributed by atoms with Crippen LogP contribution >= 0.6 is 0 Å². The number of hydrogen-bond acceptors (Lipinski definition) is 6. The van der Waals surface area contributed by atoms with Gasteiger partial charge in [0, 0.05) is 43.4 Å². The maximum absolute atomic E-state index is 13.7. The fraction of sp³-hybridized carbons (Fsp3) is 0.250. The molecule has 0 aliphatic carbocycles. The smallest absolute Gasteiger partial charge is 0.210 e. The van der Waals surface area contributed by atoms with Crippen molar-refractivity contribution in [3.63, 3.8) is 0 Å². The van der Waals surface area contributed by atoms with E-state index in [-0.39, 0.29) is 9.79 Å². The van der Waals surface area contributed by atoms with Gasteiger partial charge in [-0.05, 0) is 55.8 Å². The number of anilines is 2. The van der Waals surface area contributed by atoms with Crippen LogP contribution in [0, 0.1) is 13.8 Å². The summed E-state index contributed by atoms with van der Waals surface area (Å²) in [6.07, 6.45) is 1.50. The Kier molecular flexibility index (Phi) is 6.11. The van der Waals surface area contributed by atoms with Gasteiger partial charge in [0.1, 0.15) is 10.6 Å². The Hall–Kier alpha value is -3.58. The highest BCUT2D eigenvalue weighted by molar-refractivity contribution is 7.91. The van der Waals surface area contributed by atoms with Crippen molar-refractivity contribution in [2.24, 2.45) is 0 Å². The minimum atomic E-state index is -3.77. The Balaban J connectivity index is 1.58. The van der Waals surface area contributed by atoms with Gasteiger partial charge in [0.05, 0.1) is 23.2 Å².